The molecular weight excluding hydrogens is 148 g/mol. The van der Waals surface area contributed by atoms with Gasteiger partial charge in [-0.2, -0.15) is 0 Å². The summed E-state index contributed by atoms with van der Waals surface area (Å²) in [5.74, 6) is 0. The van der Waals surface area contributed by atoms with Crippen molar-refractivity contribution in [1.82, 2.24) is 5.32 Å². The predicted octanol–water partition coefficient (Wildman–Crippen LogP) is 0.105. The Morgan fingerprint density at radius 2 is 2.50 bits per heavy atom. The van der Waals surface area contributed by atoms with Gasteiger partial charge in [0.2, 0.25) is 0 Å². The van der Waals surface area contributed by atoms with E-state index in [1.54, 1.807) is 17.0 Å². The molecule has 1 N–H and O–H groups in total. The van der Waals surface area contributed by atoms with E-state index in [0.717, 1.165) is 11.3 Å². The largest absolute Gasteiger partial charge is 0.365 e. The van der Waals surface area contributed by atoms with Gasteiger partial charge in [0.1, 0.15) is 6.67 Å². The van der Waals surface area contributed by atoms with E-state index in [-0.39, 0.29) is 0 Å². The van der Waals surface area contributed by atoms with Crippen molar-refractivity contribution in [3.05, 3.63) is 22.1 Å². The number of allylic oxidation sites excluding steroid dienone is 1. The third-order valence-corrected chi connectivity index (χ3v) is 2.33. The summed E-state index contributed by atoms with van der Waals surface area (Å²) in [5, 5.41) is 6.39. The van der Waals surface area contributed by atoms with Gasteiger partial charge in [0.25, 0.3) is 0 Å². The lowest BCUT2D eigenvalue weighted by Crippen LogP contribution is -2.18. The van der Waals surface area contributed by atoms with Gasteiger partial charge in [0.05, 0.1) is 16.5 Å². The van der Waals surface area contributed by atoms with Crippen molar-refractivity contribution < 1.29 is 4.21 Å². The van der Waals surface area contributed by atoms with Crippen molar-refractivity contribution in [3.8, 4) is 0 Å². The van der Waals surface area contributed by atoms with Crippen LogP contribution in [0.15, 0.2) is 27.1 Å². The second kappa shape index (κ2) is 2.05. The second-order valence-corrected chi connectivity index (χ2v) is 3.21. The molecule has 2 aliphatic heterocycles. The highest BCUT2D eigenvalue weighted by molar-refractivity contribution is 7.91. The molecule has 10 heavy (non-hydrogen) atoms. The molecule has 0 aliphatic carbocycles. The normalized spacial score (nSPS) is 28.6. The van der Waals surface area contributed by atoms with E-state index in [1.807, 2.05) is 0 Å². The first-order chi connectivity index (χ1) is 4.86. The van der Waals surface area contributed by atoms with Gasteiger partial charge in [-0.05, 0) is 0 Å². The molecule has 2 aliphatic rings. The predicted molar refractivity (Wildman–Crippen MR) is 40.8 cm³/mol. The second-order valence-electron chi connectivity index (χ2n) is 2.08. The van der Waals surface area contributed by atoms with E-state index in [9.17, 15) is 4.21 Å². The van der Waals surface area contributed by atoms with Crippen LogP contribution in [0.25, 0.3) is 0 Å². The first-order valence-electron chi connectivity index (χ1n) is 2.93. The van der Waals surface area contributed by atoms with E-state index in [1.165, 1.54) is 0 Å². The van der Waals surface area contributed by atoms with Crippen molar-refractivity contribution in [2.75, 3.05) is 6.67 Å². The molecule has 1 atom stereocenters. The number of fused-ring (bicyclic) bond motifs is 1. The van der Waals surface area contributed by atoms with Crippen LogP contribution in [0, 0.1) is 0 Å². The standard InChI is InChI=1S/C6H6N2OS/c9-10-2-5-1-7-4-8-6(5)3-10/h1-3,8H,4H2. The molecule has 0 bridgehead atoms. The van der Waals surface area contributed by atoms with Gasteiger partial charge in [-0.25, -0.2) is 0 Å². The highest BCUT2D eigenvalue weighted by Crippen LogP contribution is 2.16. The summed E-state index contributed by atoms with van der Waals surface area (Å²) < 4.78 is 10.9. The van der Waals surface area contributed by atoms with Gasteiger partial charge in [0, 0.05) is 22.6 Å². The fourth-order valence-electron chi connectivity index (χ4n) is 0.925. The van der Waals surface area contributed by atoms with Crippen LogP contribution in [-0.4, -0.2) is 17.1 Å². The minimum Gasteiger partial charge on any atom is -0.365 e. The number of nitrogens with one attached hydrogen (secondary N) is 1. The van der Waals surface area contributed by atoms with Crippen LogP contribution in [0.5, 0.6) is 0 Å². The molecule has 0 saturated heterocycles. The molecule has 0 spiro atoms. The fraction of sp³-hybridized carbons (Fsp3) is 0.167. The average molecular weight is 154 g/mol. The summed E-state index contributed by atoms with van der Waals surface area (Å²) in [4.78, 5) is 3.97. The van der Waals surface area contributed by atoms with Crippen LogP contribution >= 0.6 is 0 Å². The Bertz CT molecular complexity index is 277. The molecule has 0 amide bonds. The summed E-state index contributed by atoms with van der Waals surface area (Å²) in [5.41, 5.74) is 1.90. The molecule has 0 saturated carbocycles. The Hall–Kier alpha value is -0.900. The van der Waals surface area contributed by atoms with E-state index >= 15 is 0 Å². The van der Waals surface area contributed by atoms with Gasteiger partial charge in [0.15, 0.2) is 0 Å². The average Bonchev–Trinajstić information content (AvgIpc) is 2.27. The quantitative estimate of drug-likeness (QED) is 0.538. The molecule has 0 aromatic carbocycles. The fourth-order valence-corrected chi connectivity index (χ4v) is 1.88. The molecule has 4 heteroatoms. The third-order valence-electron chi connectivity index (χ3n) is 1.38. The SMILES string of the molecule is O=S1C=C2C=NCNC2=C1. The maximum absolute atomic E-state index is 10.9. The highest BCUT2D eigenvalue weighted by Gasteiger charge is 2.13. The lowest BCUT2D eigenvalue weighted by molar-refractivity contribution is 0.693. The van der Waals surface area contributed by atoms with Crippen LogP contribution in [0.1, 0.15) is 0 Å². The minimum absolute atomic E-state index is 0.598. The van der Waals surface area contributed by atoms with E-state index in [0.29, 0.717) is 6.67 Å². The van der Waals surface area contributed by atoms with Gasteiger partial charge in [-0.15, -0.1) is 0 Å². The van der Waals surface area contributed by atoms with Crippen molar-refractivity contribution in [2.45, 2.75) is 0 Å². The zero-order valence-corrected chi connectivity index (χ0v) is 6.02. The smallest absolute Gasteiger partial charge is 0.107 e. The summed E-state index contributed by atoms with van der Waals surface area (Å²) in [6.07, 6.45) is 1.74. The van der Waals surface area contributed by atoms with Crippen molar-refractivity contribution in [1.29, 1.82) is 0 Å². The Kier molecular flexibility index (Phi) is 1.20. The number of nitrogens with zero attached hydrogens (tertiary/aromatic N) is 1. The minimum atomic E-state index is -0.921. The van der Waals surface area contributed by atoms with Gasteiger partial charge in [-0.1, -0.05) is 0 Å². The summed E-state index contributed by atoms with van der Waals surface area (Å²) in [6, 6.07) is 0. The van der Waals surface area contributed by atoms with Crippen LogP contribution < -0.4 is 5.32 Å². The Morgan fingerprint density at radius 1 is 1.60 bits per heavy atom. The van der Waals surface area contributed by atoms with Crippen LogP contribution in [-0.2, 0) is 10.8 Å². The van der Waals surface area contributed by atoms with Crippen LogP contribution in [0.2, 0.25) is 0 Å². The van der Waals surface area contributed by atoms with E-state index in [2.05, 4.69) is 10.3 Å². The third kappa shape index (κ3) is 0.806. The van der Waals surface area contributed by atoms with Crippen LogP contribution in [0.3, 0.4) is 0 Å². The first-order valence-corrected chi connectivity index (χ1v) is 4.21. The monoisotopic (exact) mass is 154 g/mol. The number of hydrogen-bond donors (Lipinski definition) is 1. The highest BCUT2D eigenvalue weighted by atomic mass is 32.2. The Labute approximate surface area is 61.0 Å². The topological polar surface area (TPSA) is 41.5 Å². The molecule has 0 aromatic heterocycles. The lowest BCUT2D eigenvalue weighted by atomic mass is 10.2. The molecule has 1 unspecified atom stereocenters. The van der Waals surface area contributed by atoms with Gasteiger partial charge >= 0.3 is 0 Å². The van der Waals surface area contributed by atoms with Crippen molar-refractivity contribution in [3.63, 3.8) is 0 Å². The molecule has 52 valence electrons. The molecule has 2 rings (SSSR count). The first kappa shape index (κ1) is 5.85. The van der Waals surface area contributed by atoms with Crippen LogP contribution in [0.4, 0.5) is 0 Å². The van der Waals surface area contributed by atoms with Gasteiger partial charge < -0.3 is 5.32 Å². The molecule has 3 nitrogen and oxygen atoms in total. The van der Waals surface area contributed by atoms with Crippen molar-refractivity contribution in [2.24, 2.45) is 4.99 Å². The maximum Gasteiger partial charge on any atom is 0.107 e. The molecular formula is C6H6N2OS. The molecule has 2 heterocycles. The maximum atomic E-state index is 10.9. The Morgan fingerprint density at radius 3 is 3.30 bits per heavy atom. The summed E-state index contributed by atoms with van der Waals surface area (Å²) >= 11 is 0. The number of rotatable bonds is 0. The summed E-state index contributed by atoms with van der Waals surface area (Å²) in [7, 11) is -0.921. The zero-order valence-electron chi connectivity index (χ0n) is 5.20. The van der Waals surface area contributed by atoms with Gasteiger partial charge in [-0.3, -0.25) is 9.20 Å². The van der Waals surface area contributed by atoms with Crippen molar-refractivity contribution >= 4 is 17.0 Å². The van der Waals surface area contributed by atoms with E-state index < -0.39 is 10.8 Å². The summed E-state index contributed by atoms with van der Waals surface area (Å²) in [6.45, 7) is 0.598. The molecule has 0 aromatic rings. The lowest BCUT2D eigenvalue weighted by Gasteiger charge is -2.09. The molecule has 0 radical (unpaired) electrons. The Balaban J connectivity index is 2.46. The molecule has 0 fully saturated rings. The van der Waals surface area contributed by atoms with E-state index in [4.69, 9.17) is 0 Å². The number of aliphatic imine (C=N–C) groups is 1. The zero-order chi connectivity index (χ0) is 6.97. The number of hydrogen-bond acceptors (Lipinski definition) is 3.